The Morgan fingerprint density at radius 1 is 0.564 bits per heavy atom. The molecule has 0 aliphatic heterocycles. The lowest BCUT2D eigenvalue weighted by Crippen LogP contribution is -2.17. The van der Waals surface area contributed by atoms with E-state index in [1.807, 2.05) is 6.20 Å². The van der Waals surface area contributed by atoms with Gasteiger partial charge in [-0.2, -0.15) is 0 Å². The Kier molecular flexibility index (Phi) is 9.36. The van der Waals surface area contributed by atoms with Crippen LogP contribution < -0.4 is 0 Å². The lowest BCUT2D eigenvalue weighted by molar-refractivity contribution is 0.470. The molecule has 0 radical (unpaired) electrons. The van der Waals surface area contributed by atoms with E-state index < -0.39 is 5.82 Å². The van der Waals surface area contributed by atoms with Crippen LogP contribution in [0.4, 0.5) is 4.39 Å². The van der Waals surface area contributed by atoms with E-state index in [0.29, 0.717) is 11.4 Å². The van der Waals surface area contributed by atoms with E-state index in [2.05, 4.69) is 166 Å². The van der Waals surface area contributed by atoms with Gasteiger partial charge in [0.05, 0.1) is 22.3 Å². The molecule has 7 aromatic rings. The number of phenolic OH excluding ortho intramolecular Hbond substituents is 1. The molecule has 4 nitrogen and oxygen atoms in total. The van der Waals surface area contributed by atoms with Gasteiger partial charge in [-0.05, 0) is 129 Å². The summed E-state index contributed by atoms with van der Waals surface area (Å²) in [7, 11) is 0. The molecule has 0 aliphatic carbocycles. The number of halogens is 1. The van der Waals surface area contributed by atoms with Gasteiger partial charge in [-0.1, -0.05) is 105 Å². The van der Waals surface area contributed by atoms with Gasteiger partial charge in [-0.25, -0.2) is 9.37 Å². The molecule has 1 N–H and O–H groups in total. The average molecular weight is 730 g/mol. The van der Waals surface area contributed by atoms with E-state index in [4.69, 9.17) is 9.97 Å². The molecule has 0 saturated heterocycles. The number of benzene rings is 5. The standard InChI is InChI=1S/C50H52FN3O/c1-30-15-16-32(21-31(30)2)33-19-20-52-43(25-33)35-22-34(23-36(24-35)48(3,4)5)41-13-12-14-44-46(41)53-47(42-18-17-39(51)29-45(42)55)54(44)40-27-37(49(6,7)8)26-38(28-40)50(9,10)11/h12-29,55H,1-11H3. The predicted molar refractivity (Wildman–Crippen MR) is 228 cm³/mol. The number of fused-ring (bicyclic) bond motifs is 1. The zero-order valence-electron chi connectivity index (χ0n) is 34.1. The molecule has 0 aliphatic rings. The SMILES string of the molecule is Cc1ccc(-c2ccnc(-c3cc(-c4cccc5c4nc(-c4ccc(F)cc4O)n5-c4cc(C(C)(C)C)cc(C(C)(C)C)c4)cc(C(C)(C)C)c3)c2)cc1C. The van der Waals surface area contributed by atoms with Crippen LogP contribution >= 0.6 is 0 Å². The Bertz CT molecular complexity index is 2560. The fourth-order valence-corrected chi connectivity index (χ4v) is 7.13. The number of aromatic hydroxyl groups is 1. The molecule has 5 aromatic carbocycles. The second-order valence-electron chi connectivity index (χ2n) is 18.2. The van der Waals surface area contributed by atoms with Crippen molar-refractivity contribution in [2.24, 2.45) is 0 Å². The molecule has 0 spiro atoms. The molecule has 0 amide bonds. The summed E-state index contributed by atoms with van der Waals surface area (Å²) in [6, 6.07) is 34.7. The monoisotopic (exact) mass is 729 g/mol. The summed E-state index contributed by atoms with van der Waals surface area (Å²) >= 11 is 0. The van der Waals surface area contributed by atoms with Crippen molar-refractivity contribution in [1.29, 1.82) is 0 Å². The van der Waals surface area contributed by atoms with Crippen LogP contribution in [0.1, 0.15) is 90.1 Å². The molecule has 2 aromatic heterocycles. The highest BCUT2D eigenvalue weighted by Crippen LogP contribution is 2.41. The largest absolute Gasteiger partial charge is 0.507 e. The van der Waals surface area contributed by atoms with Gasteiger partial charge in [0.1, 0.15) is 17.4 Å². The number of aromatic nitrogens is 3. The van der Waals surface area contributed by atoms with Crippen molar-refractivity contribution in [2.75, 3.05) is 0 Å². The Morgan fingerprint density at radius 2 is 1.20 bits per heavy atom. The van der Waals surface area contributed by atoms with E-state index in [9.17, 15) is 9.50 Å². The lowest BCUT2D eigenvalue weighted by Gasteiger charge is -2.27. The zero-order valence-corrected chi connectivity index (χ0v) is 34.1. The number of aryl methyl sites for hydroxylation is 2. The smallest absolute Gasteiger partial charge is 0.149 e. The fourth-order valence-electron chi connectivity index (χ4n) is 7.13. The van der Waals surface area contributed by atoms with Gasteiger partial charge in [-0.3, -0.25) is 9.55 Å². The van der Waals surface area contributed by atoms with Gasteiger partial charge >= 0.3 is 0 Å². The molecular formula is C50H52FN3O. The molecule has 5 heteroatoms. The number of hydrogen-bond donors (Lipinski definition) is 1. The average Bonchev–Trinajstić information content (AvgIpc) is 3.51. The first kappa shape index (κ1) is 37.8. The number of phenols is 1. The van der Waals surface area contributed by atoms with Crippen LogP contribution in [0, 0.1) is 19.7 Å². The number of hydrogen-bond acceptors (Lipinski definition) is 3. The van der Waals surface area contributed by atoms with Gasteiger partial charge in [0.2, 0.25) is 0 Å². The van der Waals surface area contributed by atoms with Gasteiger partial charge in [-0.15, -0.1) is 0 Å². The minimum Gasteiger partial charge on any atom is -0.507 e. The van der Waals surface area contributed by atoms with Crippen LogP contribution in [-0.4, -0.2) is 19.6 Å². The minimum absolute atomic E-state index is 0.122. The van der Waals surface area contributed by atoms with Crippen LogP contribution in [0.3, 0.4) is 0 Å². The van der Waals surface area contributed by atoms with E-state index in [1.54, 1.807) is 6.07 Å². The lowest BCUT2D eigenvalue weighted by atomic mass is 9.80. The topological polar surface area (TPSA) is 50.9 Å². The molecule has 0 fully saturated rings. The van der Waals surface area contributed by atoms with Crippen LogP contribution in [0.2, 0.25) is 0 Å². The maximum atomic E-state index is 14.4. The normalized spacial score (nSPS) is 12.4. The molecule has 0 unspecified atom stereocenters. The highest BCUT2D eigenvalue weighted by atomic mass is 19.1. The first-order valence-electron chi connectivity index (χ1n) is 19.1. The molecule has 7 rings (SSSR count). The maximum absolute atomic E-state index is 14.4. The maximum Gasteiger partial charge on any atom is 0.149 e. The molecule has 0 saturated carbocycles. The van der Waals surface area contributed by atoms with Gasteiger partial charge in [0, 0.05) is 29.1 Å². The Labute approximate surface area is 325 Å². The number of nitrogens with zero attached hydrogens (tertiary/aromatic N) is 3. The van der Waals surface area contributed by atoms with E-state index in [0.717, 1.165) is 56.3 Å². The zero-order chi connectivity index (χ0) is 39.6. The molecule has 2 heterocycles. The van der Waals surface area contributed by atoms with Crippen molar-refractivity contribution in [2.45, 2.75) is 92.4 Å². The van der Waals surface area contributed by atoms with Crippen molar-refractivity contribution < 1.29 is 9.50 Å². The predicted octanol–water partition coefficient (Wildman–Crippen LogP) is 13.4. The third-order valence-electron chi connectivity index (χ3n) is 10.8. The van der Waals surface area contributed by atoms with E-state index in [-0.39, 0.29) is 22.0 Å². The van der Waals surface area contributed by atoms with Crippen molar-refractivity contribution in [3.8, 4) is 56.3 Å². The summed E-state index contributed by atoms with van der Waals surface area (Å²) in [6.45, 7) is 24.3. The third-order valence-corrected chi connectivity index (χ3v) is 10.8. The van der Waals surface area contributed by atoms with Gasteiger partial charge in [0.25, 0.3) is 0 Å². The second-order valence-corrected chi connectivity index (χ2v) is 18.2. The summed E-state index contributed by atoms with van der Waals surface area (Å²) in [6.07, 6.45) is 1.89. The van der Waals surface area contributed by atoms with Crippen LogP contribution in [0.25, 0.3) is 61.6 Å². The van der Waals surface area contributed by atoms with Crippen LogP contribution in [0.15, 0.2) is 109 Å². The molecule has 0 bridgehead atoms. The summed E-state index contributed by atoms with van der Waals surface area (Å²) in [5.41, 5.74) is 14.9. The number of pyridine rings is 1. The quantitative estimate of drug-likeness (QED) is 0.192. The number of rotatable bonds is 5. The summed E-state index contributed by atoms with van der Waals surface area (Å²) in [5, 5.41) is 11.2. The summed E-state index contributed by atoms with van der Waals surface area (Å²) in [5.74, 6) is -0.121. The van der Waals surface area contributed by atoms with Crippen molar-refractivity contribution >= 4 is 11.0 Å². The highest BCUT2D eigenvalue weighted by molar-refractivity contribution is 5.97. The highest BCUT2D eigenvalue weighted by Gasteiger charge is 2.26. The summed E-state index contributed by atoms with van der Waals surface area (Å²) in [4.78, 5) is 10.2. The first-order valence-corrected chi connectivity index (χ1v) is 19.1. The van der Waals surface area contributed by atoms with Crippen LogP contribution in [0.5, 0.6) is 5.75 Å². The van der Waals surface area contributed by atoms with Gasteiger partial charge < -0.3 is 5.11 Å². The fraction of sp³-hybridized carbons (Fsp3) is 0.280. The number of imidazole rings is 1. The van der Waals surface area contributed by atoms with E-state index >= 15 is 0 Å². The minimum atomic E-state index is -0.504. The molecule has 0 atom stereocenters. The van der Waals surface area contributed by atoms with Crippen molar-refractivity contribution in [1.82, 2.24) is 14.5 Å². The second kappa shape index (κ2) is 13.6. The van der Waals surface area contributed by atoms with Crippen LogP contribution in [-0.2, 0) is 16.2 Å². The Morgan fingerprint density at radius 3 is 1.84 bits per heavy atom. The molecule has 55 heavy (non-hydrogen) atoms. The Balaban J connectivity index is 1.50. The van der Waals surface area contributed by atoms with Gasteiger partial charge in [0.15, 0.2) is 0 Å². The molecular weight excluding hydrogens is 678 g/mol. The Hall–Kier alpha value is -5.55. The molecule has 280 valence electrons. The van der Waals surface area contributed by atoms with Crippen molar-refractivity contribution in [3.63, 3.8) is 0 Å². The third kappa shape index (κ3) is 7.45. The summed E-state index contributed by atoms with van der Waals surface area (Å²) < 4.78 is 16.5. The van der Waals surface area contributed by atoms with E-state index in [1.165, 1.54) is 33.9 Å². The first-order chi connectivity index (χ1) is 25.8. The number of para-hydroxylation sites is 1. The van der Waals surface area contributed by atoms with Crippen molar-refractivity contribution in [3.05, 3.63) is 143 Å².